The van der Waals surface area contributed by atoms with E-state index in [0.717, 1.165) is 25.7 Å². The zero-order valence-electron chi connectivity index (χ0n) is 10.5. The second-order valence-corrected chi connectivity index (χ2v) is 3.80. The summed E-state index contributed by atoms with van der Waals surface area (Å²) in [5.41, 5.74) is -0.297. The third-order valence-electron chi connectivity index (χ3n) is 3.07. The summed E-state index contributed by atoms with van der Waals surface area (Å²) in [4.78, 5) is 11.9. The second kappa shape index (κ2) is 7.69. The van der Waals surface area contributed by atoms with Gasteiger partial charge in [0, 0.05) is 13.7 Å². The minimum atomic E-state index is -0.297. The van der Waals surface area contributed by atoms with Crippen LogP contribution in [0, 0.1) is 5.41 Å². The molecule has 90 valence electrons. The first kappa shape index (κ1) is 14.4. The third kappa shape index (κ3) is 4.20. The van der Waals surface area contributed by atoms with Crippen LogP contribution < -0.4 is 0 Å². The van der Waals surface area contributed by atoms with Crippen molar-refractivity contribution in [2.75, 3.05) is 20.3 Å². The Bertz CT molecular complexity index is 174. The fourth-order valence-electron chi connectivity index (χ4n) is 1.83. The molecular formula is C12H24O3. The summed E-state index contributed by atoms with van der Waals surface area (Å²) >= 11 is 0. The molecule has 0 rings (SSSR count). The quantitative estimate of drug-likeness (QED) is 0.462. The molecule has 15 heavy (non-hydrogen) atoms. The van der Waals surface area contributed by atoms with E-state index in [2.05, 4.69) is 0 Å². The maximum atomic E-state index is 11.9. The fourth-order valence-corrected chi connectivity index (χ4v) is 1.83. The first-order valence-electron chi connectivity index (χ1n) is 5.83. The molecule has 0 atom stereocenters. The van der Waals surface area contributed by atoms with Crippen LogP contribution in [0.25, 0.3) is 0 Å². The third-order valence-corrected chi connectivity index (χ3v) is 3.07. The van der Waals surface area contributed by atoms with Crippen LogP contribution in [0.15, 0.2) is 0 Å². The molecular weight excluding hydrogens is 192 g/mol. The number of methoxy groups -OCH3 is 1. The van der Waals surface area contributed by atoms with Gasteiger partial charge in [-0.15, -0.1) is 0 Å². The van der Waals surface area contributed by atoms with Crippen molar-refractivity contribution in [3.8, 4) is 0 Å². The summed E-state index contributed by atoms with van der Waals surface area (Å²) in [5, 5.41) is 0. The molecule has 0 aliphatic rings. The molecule has 0 spiro atoms. The van der Waals surface area contributed by atoms with Gasteiger partial charge in [-0.1, -0.05) is 13.8 Å². The molecule has 0 N–H and O–H groups in total. The van der Waals surface area contributed by atoms with Crippen LogP contribution in [0.5, 0.6) is 0 Å². The van der Waals surface area contributed by atoms with Crippen LogP contribution in [0.2, 0.25) is 0 Å². The van der Waals surface area contributed by atoms with E-state index in [-0.39, 0.29) is 11.4 Å². The Labute approximate surface area is 93.1 Å². The van der Waals surface area contributed by atoms with Crippen molar-refractivity contribution in [1.29, 1.82) is 0 Å². The number of ether oxygens (including phenoxy) is 2. The lowest BCUT2D eigenvalue weighted by atomic mass is 9.78. The molecule has 3 nitrogen and oxygen atoms in total. The molecule has 0 aromatic heterocycles. The van der Waals surface area contributed by atoms with Gasteiger partial charge in [0.25, 0.3) is 0 Å². The van der Waals surface area contributed by atoms with E-state index >= 15 is 0 Å². The predicted molar refractivity (Wildman–Crippen MR) is 60.8 cm³/mol. The summed E-state index contributed by atoms with van der Waals surface area (Å²) in [6.45, 7) is 7.12. The second-order valence-electron chi connectivity index (χ2n) is 3.80. The first-order chi connectivity index (χ1) is 7.16. The van der Waals surface area contributed by atoms with Gasteiger partial charge < -0.3 is 9.47 Å². The standard InChI is InChI=1S/C12H24O3/c1-5-12(6-2,9-8-10-14-4)11(13)15-7-3/h5-10H2,1-4H3. The fraction of sp³-hybridized carbons (Fsp3) is 0.917. The summed E-state index contributed by atoms with van der Waals surface area (Å²) in [6, 6.07) is 0. The van der Waals surface area contributed by atoms with Gasteiger partial charge >= 0.3 is 5.97 Å². The monoisotopic (exact) mass is 216 g/mol. The van der Waals surface area contributed by atoms with E-state index in [4.69, 9.17) is 9.47 Å². The van der Waals surface area contributed by atoms with Crippen molar-refractivity contribution in [1.82, 2.24) is 0 Å². The maximum Gasteiger partial charge on any atom is 0.312 e. The summed E-state index contributed by atoms with van der Waals surface area (Å²) in [6.07, 6.45) is 3.45. The van der Waals surface area contributed by atoms with Crippen molar-refractivity contribution in [2.24, 2.45) is 5.41 Å². The Kier molecular flexibility index (Phi) is 7.39. The molecule has 0 radical (unpaired) electrons. The molecule has 3 heteroatoms. The summed E-state index contributed by atoms with van der Waals surface area (Å²) in [5.74, 6) is -0.0499. The lowest BCUT2D eigenvalue weighted by Gasteiger charge is -2.28. The highest BCUT2D eigenvalue weighted by atomic mass is 16.5. The average molecular weight is 216 g/mol. The molecule has 0 bridgehead atoms. The Morgan fingerprint density at radius 2 is 1.80 bits per heavy atom. The lowest BCUT2D eigenvalue weighted by Crippen LogP contribution is -2.32. The number of hydrogen-bond donors (Lipinski definition) is 0. The molecule has 0 saturated carbocycles. The summed E-state index contributed by atoms with van der Waals surface area (Å²) in [7, 11) is 1.68. The van der Waals surface area contributed by atoms with E-state index in [9.17, 15) is 4.79 Å². The largest absolute Gasteiger partial charge is 0.466 e. The number of esters is 1. The molecule has 0 heterocycles. The van der Waals surface area contributed by atoms with E-state index in [1.807, 2.05) is 20.8 Å². The van der Waals surface area contributed by atoms with Crippen molar-refractivity contribution >= 4 is 5.97 Å². The summed E-state index contributed by atoms with van der Waals surface area (Å²) < 4.78 is 10.2. The molecule has 0 aliphatic carbocycles. The van der Waals surface area contributed by atoms with Crippen molar-refractivity contribution < 1.29 is 14.3 Å². The predicted octanol–water partition coefficient (Wildman–Crippen LogP) is 2.78. The Morgan fingerprint density at radius 1 is 1.20 bits per heavy atom. The SMILES string of the molecule is CCOC(=O)C(CC)(CC)CCCOC. The Balaban J connectivity index is 4.35. The van der Waals surface area contributed by atoms with E-state index in [0.29, 0.717) is 13.2 Å². The lowest BCUT2D eigenvalue weighted by molar-refractivity contribution is -0.156. The van der Waals surface area contributed by atoms with Crippen LogP contribution in [0.1, 0.15) is 46.5 Å². The van der Waals surface area contributed by atoms with E-state index in [1.54, 1.807) is 7.11 Å². The molecule has 0 aliphatic heterocycles. The Hall–Kier alpha value is -0.570. The van der Waals surface area contributed by atoms with Gasteiger partial charge in [-0.3, -0.25) is 4.79 Å². The smallest absolute Gasteiger partial charge is 0.312 e. The molecule has 0 saturated heterocycles. The minimum Gasteiger partial charge on any atom is -0.466 e. The van der Waals surface area contributed by atoms with Gasteiger partial charge in [-0.2, -0.15) is 0 Å². The number of rotatable bonds is 8. The topological polar surface area (TPSA) is 35.5 Å². The van der Waals surface area contributed by atoms with Crippen molar-refractivity contribution in [2.45, 2.75) is 46.5 Å². The zero-order valence-corrected chi connectivity index (χ0v) is 10.5. The highest BCUT2D eigenvalue weighted by molar-refractivity contribution is 5.76. The highest BCUT2D eigenvalue weighted by Crippen LogP contribution is 2.33. The normalized spacial score (nSPS) is 11.5. The molecule has 0 aromatic rings. The van der Waals surface area contributed by atoms with Crippen LogP contribution in [0.4, 0.5) is 0 Å². The molecule has 0 aromatic carbocycles. The zero-order chi connectivity index (χ0) is 11.7. The molecule has 0 fully saturated rings. The maximum absolute atomic E-state index is 11.9. The van der Waals surface area contributed by atoms with Gasteiger partial charge in [0.15, 0.2) is 0 Å². The number of hydrogen-bond acceptors (Lipinski definition) is 3. The van der Waals surface area contributed by atoms with Crippen molar-refractivity contribution in [3.63, 3.8) is 0 Å². The van der Waals surface area contributed by atoms with Crippen LogP contribution >= 0.6 is 0 Å². The minimum absolute atomic E-state index is 0.0499. The first-order valence-corrected chi connectivity index (χ1v) is 5.83. The number of carbonyl (C=O) groups is 1. The van der Waals surface area contributed by atoms with Gasteiger partial charge in [0.1, 0.15) is 0 Å². The molecule has 0 amide bonds. The van der Waals surface area contributed by atoms with Crippen molar-refractivity contribution in [3.05, 3.63) is 0 Å². The van der Waals surface area contributed by atoms with Gasteiger partial charge in [-0.05, 0) is 32.6 Å². The molecule has 0 unspecified atom stereocenters. The number of carbonyl (C=O) groups excluding carboxylic acids is 1. The van der Waals surface area contributed by atoms with Gasteiger partial charge in [0.2, 0.25) is 0 Å². The van der Waals surface area contributed by atoms with Gasteiger partial charge in [0.05, 0.1) is 12.0 Å². The van der Waals surface area contributed by atoms with E-state index < -0.39 is 0 Å². The average Bonchev–Trinajstić information content (AvgIpc) is 2.25. The van der Waals surface area contributed by atoms with E-state index in [1.165, 1.54) is 0 Å². The Morgan fingerprint density at radius 3 is 2.20 bits per heavy atom. The van der Waals surface area contributed by atoms with Crippen LogP contribution in [-0.4, -0.2) is 26.3 Å². The van der Waals surface area contributed by atoms with Crippen LogP contribution in [0.3, 0.4) is 0 Å². The van der Waals surface area contributed by atoms with Gasteiger partial charge in [-0.25, -0.2) is 0 Å². The van der Waals surface area contributed by atoms with Crippen LogP contribution in [-0.2, 0) is 14.3 Å². The highest BCUT2D eigenvalue weighted by Gasteiger charge is 2.35.